The van der Waals surface area contributed by atoms with Crippen molar-refractivity contribution in [2.45, 2.75) is 27.7 Å². The number of halogens is 2. The molecule has 0 spiro atoms. The van der Waals surface area contributed by atoms with E-state index < -0.39 is 0 Å². The van der Waals surface area contributed by atoms with Crippen molar-refractivity contribution in [1.29, 1.82) is 0 Å². The van der Waals surface area contributed by atoms with Crippen molar-refractivity contribution in [3.63, 3.8) is 0 Å². The second kappa shape index (κ2) is 8.00. The van der Waals surface area contributed by atoms with E-state index in [2.05, 4.69) is 33.8 Å². The van der Waals surface area contributed by atoms with Crippen LogP contribution in [0.3, 0.4) is 0 Å². The largest absolute Gasteiger partial charge is 0.266 e. The Morgan fingerprint density at radius 1 is 1.08 bits per heavy atom. The molecule has 0 amide bonds. The fourth-order valence-corrected chi connectivity index (χ4v) is 1.16. The average molecular weight is 425 g/mol. The van der Waals surface area contributed by atoms with E-state index in [-0.39, 0.29) is 69.7 Å². The molecule has 0 radical (unpaired) electrons. The van der Waals surface area contributed by atoms with Crippen LogP contribution in [0.2, 0.25) is 0 Å². The molecule has 1 aliphatic carbocycles. The van der Waals surface area contributed by atoms with Crippen LogP contribution in [0.15, 0.2) is 16.7 Å². The smallest absolute Gasteiger partial charge is 0 e. The maximum Gasteiger partial charge on any atom is 0 e. The summed E-state index contributed by atoms with van der Waals surface area (Å²) in [7, 11) is 0. The third kappa shape index (κ3) is 4.24. The van der Waals surface area contributed by atoms with E-state index in [4.69, 9.17) is 0 Å². The van der Waals surface area contributed by atoms with Crippen molar-refractivity contribution in [3.8, 4) is 0 Å². The average Bonchev–Trinajstić information content (AvgIpc) is 1.98. The Hall–Kier alpha value is 1.65. The van der Waals surface area contributed by atoms with Crippen LogP contribution in [0.1, 0.15) is 27.7 Å². The standard InChI is InChI=1S/C9H13.2HI.Ti/c1-6-5-7(2)9(4)8(6)3;;;/h6H,1-4H3;2*1H;/q-1;;;. The first-order valence-electron chi connectivity index (χ1n) is 3.40. The van der Waals surface area contributed by atoms with Gasteiger partial charge in [0.25, 0.3) is 0 Å². The van der Waals surface area contributed by atoms with Gasteiger partial charge in [0, 0.05) is 21.7 Å². The van der Waals surface area contributed by atoms with Gasteiger partial charge in [-0.25, -0.2) is 5.57 Å². The Balaban J connectivity index is -0.000000270. The quantitative estimate of drug-likeness (QED) is 0.314. The minimum atomic E-state index is 0. The summed E-state index contributed by atoms with van der Waals surface area (Å²) in [6.07, 6.45) is 3.36. The van der Waals surface area contributed by atoms with Gasteiger partial charge in [-0.3, -0.25) is 6.08 Å². The molecule has 3 heteroatoms. The summed E-state index contributed by atoms with van der Waals surface area (Å²) in [6.45, 7) is 8.67. The van der Waals surface area contributed by atoms with Gasteiger partial charge in [-0.1, -0.05) is 26.7 Å². The van der Waals surface area contributed by atoms with Crippen molar-refractivity contribution >= 4 is 48.0 Å². The molecular formula is C9H15I2Ti-. The van der Waals surface area contributed by atoms with E-state index in [9.17, 15) is 0 Å². The van der Waals surface area contributed by atoms with Crippen LogP contribution in [-0.4, -0.2) is 0 Å². The fourth-order valence-electron chi connectivity index (χ4n) is 1.16. The van der Waals surface area contributed by atoms with Crippen molar-refractivity contribution < 1.29 is 21.7 Å². The Morgan fingerprint density at radius 3 is 1.58 bits per heavy atom. The molecule has 1 unspecified atom stereocenters. The van der Waals surface area contributed by atoms with E-state index in [0.29, 0.717) is 5.92 Å². The summed E-state index contributed by atoms with van der Waals surface area (Å²) in [4.78, 5) is 0. The fraction of sp³-hybridized carbons (Fsp3) is 0.556. The predicted octanol–water partition coefficient (Wildman–Crippen LogP) is 3.96. The molecule has 0 bridgehead atoms. The Kier molecular flexibility index (Phi) is 12.8. The predicted molar refractivity (Wildman–Crippen MR) is 70.8 cm³/mol. The third-order valence-corrected chi connectivity index (χ3v) is 2.24. The van der Waals surface area contributed by atoms with Crippen LogP contribution in [0.25, 0.3) is 0 Å². The molecule has 0 nitrogen and oxygen atoms in total. The topological polar surface area (TPSA) is 0 Å². The first-order chi connectivity index (χ1) is 4.13. The Bertz CT molecular complexity index is 195. The van der Waals surface area contributed by atoms with Gasteiger partial charge in [0.2, 0.25) is 0 Å². The van der Waals surface area contributed by atoms with E-state index in [1.54, 1.807) is 0 Å². The molecule has 0 aliphatic heterocycles. The van der Waals surface area contributed by atoms with Crippen molar-refractivity contribution in [3.05, 3.63) is 22.8 Å². The normalized spacial score (nSPS) is 20.3. The van der Waals surface area contributed by atoms with E-state index in [1.807, 2.05) is 0 Å². The molecule has 12 heavy (non-hydrogen) atoms. The molecular weight excluding hydrogens is 410 g/mol. The van der Waals surface area contributed by atoms with Gasteiger partial charge in [0.1, 0.15) is 0 Å². The zero-order valence-electron chi connectivity index (χ0n) is 7.89. The van der Waals surface area contributed by atoms with Gasteiger partial charge in [-0.2, -0.15) is 11.1 Å². The molecule has 0 heterocycles. The van der Waals surface area contributed by atoms with Crippen LogP contribution in [0, 0.1) is 12.0 Å². The molecule has 1 atom stereocenters. The Labute approximate surface area is 125 Å². The molecule has 0 aromatic heterocycles. The van der Waals surface area contributed by atoms with E-state index >= 15 is 0 Å². The first kappa shape index (κ1) is 19.3. The zero-order chi connectivity index (χ0) is 7.02. The van der Waals surface area contributed by atoms with Crippen LogP contribution >= 0.6 is 48.0 Å². The number of hydrogen-bond acceptors (Lipinski definition) is 0. The molecule has 0 aromatic rings. The minimum Gasteiger partial charge on any atom is -0.266 e. The summed E-state index contributed by atoms with van der Waals surface area (Å²) in [6, 6.07) is 0. The van der Waals surface area contributed by atoms with Gasteiger partial charge >= 0.3 is 0 Å². The van der Waals surface area contributed by atoms with Gasteiger partial charge in [-0.05, 0) is 0 Å². The van der Waals surface area contributed by atoms with Crippen LogP contribution < -0.4 is 0 Å². The van der Waals surface area contributed by atoms with E-state index in [1.165, 1.54) is 16.7 Å². The molecule has 0 aromatic carbocycles. The van der Waals surface area contributed by atoms with E-state index in [0.717, 1.165) is 0 Å². The maximum atomic E-state index is 3.36. The van der Waals surface area contributed by atoms with Crippen LogP contribution in [0.5, 0.6) is 0 Å². The molecule has 1 rings (SSSR count). The molecule has 0 saturated carbocycles. The molecule has 1 aliphatic rings. The molecule has 0 fully saturated rings. The zero-order valence-corrected chi connectivity index (χ0v) is 14.1. The van der Waals surface area contributed by atoms with Crippen LogP contribution in [-0.2, 0) is 21.7 Å². The summed E-state index contributed by atoms with van der Waals surface area (Å²) in [5.74, 6) is 0.560. The molecule has 70 valence electrons. The Morgan fingerprint density at radius 2 is 1.50 bits per heavy atom. The molecule has 0 saturated heterocycles. The third-order valence-electron chi connectivity index (χ3n) is 2.24. The minimum absolute atomic E-state index is 0. The second-order valence-corrected chi connectivity index (χ2v) is 2.80. The molecule has 0 N–H and O–H groups in total. The van der Waals surface area contributed by atoms with Crippen molar-refractivity contribution in [2.75, 3.05) is 0 Å². The summed E-state index contributed by atoms with van der Waals surface area (Å²) >= 11 is 0. The van der Waals surface area contributed by atoms with Gasteiger partial charge < -0.3 is 0 Å². The van der Waals surface area contributed by atoms with Gasteiger partial charge in [0.15, 0.2) is 0 Å². The number of rotatable bonds is 0. The summed E-state index contributed by atoms with van der Waals surface area (Å²) in [5.41, 5.74) is 4.25. The summed E-state index contributed by atoms with van der Waals surface area (Å²) in [5, 5.41) is 0. The monoisotopic (exact) mass is 425 g/mol. The second-order valence-electron chi connectivity index (χ2n) is 2.80. The first-order valence-corrected chi connectivity index (χ1v) is 3.40. The SMILES string of the molecule is CC1=[C-]C(C)C(C)=C1C.I.I.[Ti]. The van der Waals surface area contributed by atoms with Gasteiger partial charge in [-0.15, -0.1) is 54.9 Å². The number of hydrogen-bond donors (Lipinski definition) is 0. The van der Waals surface area contributed by atoms with Gasteiger partial charge in [0.05, 0.1) is 0 Å². The maximum absolute atomic E-state index is 3.36. The van der Waals surface area contributed by atoms with Crippen LogP contribution in [0.4, 0.5) is 0 Å². The summed E-state index contributed by atoms with van der Waals surface area (Å²) < 4.78 is 0. The van der Waals surface area contributed by atoms with Crippen molar-refractivity contribution in [1.82, 2.24) is 0 Å². The number of allylic oxidation sites excluding steroid dienone is 4. The van der Waals surface area contributed by atoms with Crippen molar-refractivity contribution in [2.24, 2.45) is 5.92 Å².